The maximum Gasteiger partial charge on any atom is 0.277 e. The number of H-pyrrole nitrogens is 2. The minimum Gasteiger partial charge on any atom is -0.339 e. The largest absolute Gasteiger partial charge is 0.339 e. The molecule has 23 heavy (non-hydrogen) atoms. The molecule has 7 heteroatoms. The van der Waals surface area contributed by atoms with Gasteiger partial charge < -0.3 is 4.98 Å². The van der Waals surface area contributed by atoms with Crippen LogP contribution in [0.1, 0.15) is 35.7 Å². The Morgan fingerprint density at radius 2 is 2.00 bits per heavy atom. The van der Waals surface area contributed by atoms with E-state index in [4.69, 9.17) is 0 Å². The summed E-state index contributed by atoms with van der Waals surface area (Å²) in [5.41, 5.74) is 2.26. The van der Waals surface area contributed by atoms with Crippen LogP contribution < -0.4 is 5.56 Å². The lowest BCUT2D eigenvalue weighted by atomic mass is 10.0. The lowest BCUT2D eigenvalue weighted by molar-refractivity contribution is 0.102. The standard InChI is InChI=1S/C16H16N4O2S/c1-9(2)10-3-5-11(6-4-10)12(21)7-23-16-19-14-13(15(22)20-16)17-8-18-14/h3-6,8-9H,7H2,1-2H3,(H2,17,18,19,20,22). The number of carbonyl (C=O) groups excluding carboxylic acids is 1. The third-order valence-corrected chi connectivity index (χ3v) is 4.39. The molecular weight excluding hydrogens is 312 g/mol. The predicted octanol–water partition coefficient (Wildman–Crippen LogP) is 2.74. The fraction of sp³-hybridized carbons (Fsp3) is 0.250. The van der Waals surface area contributed by atoms with E-state index in [0.29, 0.717) is 27.8 Å². The number of benzene rings is 1. The average molecular weight is 328 g/mol. The van der Waals surface area contributed by atoms with Gasteiger partial charge in [0.2, 0.25) is 0 Å². The number of ketones is 1. The Bertz CT molecular complexity index is 896. The smallest absolute Gasteiger partial charge is 0.277 e. The number of imidazole rings is 1. The van der Waals surface area contributed by atoms with Crippen LogP contribution in [-0.4, -0.2) is 31.5 Å². The van der Waals surface area contributed by atoms with Crippen molar-refractivity contribution in [1.82, 2.24) is 19.9 Å². The number of hydrogen-bond donors (Lipinski definition) is 2. The van der Waals surface area contributed by atoms with Crippen molar-refractivity contribution >= 4 is 28.7 Å². The highest BCUT2D eigenvalue weighted by molar-refractivity contribution is 7.99. The number of aromatic amines is 2. The number of nitrogens with one attached hydrogen (secondary N) is 2. The van der Waals surface area contributed by atoms with Gasteiger partial charge in [0.1, 0.15) is 0 Å². The Kier molecular flexibility index (Phi) is 4.29. The lowest BCUT2D eigenvalue weighted by Gasteiger charge is -2.06. The molecular formula is C16H16N4O2S. The predicted molar refractivity (Wildman–Crippen MR) is 90.1 cm³/mol. The molecule has 6 nitrogen and oxygen atoms in total. The number of hydrogen-bond acceptors (Lipinski definition) is 5. The summed E-state index contributed by atoms with van der Waals surface area (Å²) < 4.78 is 0. The minimum atomic E-state index is -0.288. The summed E-state index contributed by atoms with van der Waals surface area (Å²) in [6.45, 7) is 4.22. The van der Waals surface area contributed by atoms with E-state index in [9.17, 15) is 9.59 Å². The van der Waals surface area contributed by atoms with Crippen molar-refractivity contribution in [3.63, 3.8) is 0 Å². The molecule has 2 heterocycles. The molecule has 118 valence electrons. The van der Waals surface area contributed by atoms with Crippen LogP contribution in [-0.2, 0) is 0 Å². The number of Topliss-reactive ketones (excluding diaryl/α,β-unsaturated/α-hetero) is 1. The van der Waals surface area contributed by atoms with Crippen molar-refractivity contribution in [2.24, 2.45) is 0 Å². The van der Waals surface area contributed by atoms with E-state index in [1.807, 2.05) is 24.3 Å². The second kappa shape index (κ2) is 6.37. The van der Waals surface area contributed by atoms with Crippen LogP contribution in [0.25, 0.3) is 11.2 Å². The van der Waals surface area contributed by atoms with Crippen LogP contribution >= 0.6 is 11.8 Å². The molecule has 0 amide bonds. The van der Waals surface area contributed by atoms with Crippen molar-refractivity contribution in [1.29, 1.82) is 0 Å². The van der Waals surface area contributed by atoms with Crippen LogP contribution in [0, 0.1) is 0 Å². The molecule has 2 N–H and O–H groups in total. The normalized spacial score (nSPS) is 11.3. The van der Waals surface area contributed by atoms with Gasteiger partial charge in [-0.05, 0) is 11.5 Å². The Morgan fingerprint density at radius 3 is 2.70 bits per heavy atom. The maximum atomic E-state index is 12.2. The van der Waals surface area contributed by atoms with Gasteiger partial charge in [-0.3, -0.25) is 14.6 Å². The second-order valence-electron chi connectivity index (χ2n) is 5.46. The molecule has 0 radical (unpaired) electrons. The van der Waals surface area contributed by atoms with Gasteiger partial charge in [0, 0.05) is 5.56 Å². The zero-order valence-electron chi connectivity index (χ0n) is 12.8. The van der Waals surface area contributed by atoms with E-state index in [-0.39, 0.29) is 17.1 Å². The highest BCUT2D eigenvalue weighted by atomic mass is 32.2. The molecule has 0 aliphatic heterocycles. The van der Waals surface area contributed by atoms with Crippen molar-refractivity contribution in [3.05, 3.63) is 52.1 Å². The summed E-state index contributed by atoms with van der Waals surface area (Å²) in [6, 6.07) is 7.62. The van der Waals surface area contributed by atoms with Crippen LogP contribution in [0.3, 0.4) is 0 Å². The lowest BCUT2D eigenvalue weighted by Crippen LogP contribution is -2.10. The second-order valence-corrected chi connectivity index (χ2v) is 6.42. The first-order chi connectivity index (χ1) is 11.0. The number of carbonyl (C=O) groups is 1. The zero-order valence-corrected chi connectivity index (χ0v) is 13.6. The van der Waals surface area contributed by atoms with Crippen molar-refractivity contribution in [3.8, 4) is 0 Å². The van der Waals surface area contributed by atoms with Gasteiger partial charge in [-0.1, -0.05) is 49.9 Å². The summed E-state index contributed by atoms with van der Waals surface area (Å²) in [5.74, 6) is 0.637. The highest BCUT2D eigenvalue weighted by Crippen LogP contribution is 2.18. The van der Waals surface area contributed by atoms with E-state index in [0.717, 1.165) is 0 Å². The molecule has 0 aliphatic carbocycles. The average Bonchev–Trinajstić information content (AvgIpc) is 3.02. The van der Waals surface area contributed by atoms with Gasteiger partial charge in [0.05, 0.1) is 12.1 Å². The molecule has 0 bridgehead atoms. The monoisotopic (exact) mass is 328 g/mol. The Hall–Kier alpha value is -2.41. The maximum absolute atomic E-state index is 12.2. The first-order valence-electron chi connectivity index (χ1n) is 7.24. The fourth-order valence-corrected chi connectivity index (χ4v) is 2.91. The number of fused-ring (bicyclic) bond motifs is 1. The van der Waals surface area contributed by atoms with Gasteiger partial charge in [-0.15, -0.1) is 0 Å². The van der Waals surface area contributed by atoms with Crippen LogP contribution in [0.2, 0.25) is 0 Å². The van der Waals surface area contributed by atoms with Crippen LogP contribution in [0.4, 0.5) is 0 Å². The summed E-state index contributed by atoms with van der Waals surface area (Å²) in [7, 11) is 0. The van der Waals surface area contributed by atoms with Crippen molar-refractivity contribution < 1.29 is 4.79 Å². The van der Waals surface area contributed by atoms with Gasteiger partial charge in [-0.25, -0.2) is 9.97 Å². The molecule has 0 fully saturated rings. The molecule has 0 aliphatic rings. The van der Waals surface area contributed by atoms with Crippen LogP contribution in [0.15, 0.2) is 40.5 Å². The number of nitrogens with zero attached hydrogens (tertiary/aromatic N) is 2. The number of rotatable bonds is 5. The first kappa shape index (κ1) is 15.5. The quantitative estimate of drug-likeness (QED) is 0.427. The Labute approximate surface area is 136 Å². The van der Waals surface area contributed by atoms with Gasteiger partial charge >= 0.3 is 0 Å². The minimum absolute atomic E-state index is 0.00456. The molecule has 0 spiro atoms. The number of aromatic nitrogens is 4. The van der Waals surface area contributed by atoms with E-state index < -0.39 is 0 Å². The van der Waals surface area contributed by atoms with E-state index in [2.05, 4.69) is 33.8 Å². The van der Waals surface area contributed by atoms with Crippen molar-refractivity contribution in [2.45, 2.75) is 24.9 Å². The topological polar surface area (TPSA) is 91.5 Å². The Balaban J connectivity index is 1.71. The van der Waals surface area contributed by atoms with Gasteiger partial charge in [-0.2, -0.15) is 0 Å². The molecule has 3 aromatic rings. The van der Waals surface area contributed by atoms with E-state index >= 15 is 0 Å². The third-order valence-electron chi connectivity index (χ3n) is 3.51. The molecule has 3 rings (SSSR count). The SMILES string of the molecule is CC(C)c1ccc(C(=O)CSc2nc3nc[nH]c3c(=O)[nH]2)cc1. The summed E-state index contributed by atoms with van der Waals surface area (Å²) in [6.07, 6.45) is 1.42. The third kappa shape index (κ3) is 3.34. The summed E-state index contributed by atoms with van der Waals surface area (Å²) in [5, 5.41) is 0.391. The molecule has 0 unspecified atom stereocenters. The molecule has 0 saturated heterocycles. The zero-order chi connectivity index (χ0) is 16.4. The molecule has 0 saturated carbocycles. The summed E-state index contributed by atoms with van der Waals surface area (Å²) >= 11 is 1.20. The van der Waals surface area contributed by atoms with Gasteiger partial charge in [0.15, 0.2) is 22.1 Å². The van der Waals surface area contributed by atoms with Crippen LogP contribution in [0.5, 0.6) is 0 Å². The highest BCUT2D eigenvalue weighted by Gasteiger charge is 2.11. The Morgan fingerprint density at radius 1 is 1.26 bits per heavy atom. The van der Waals surface area contributed by atoms with E-state index in [1.165, 1.54) is 23.7 Å². The first-order valence-corrected chi connectivity index (χ1v) is 8.22. The molecule has 0 atom stereocenters. The fourth-order valence-electron chi connectivity index (χ4n) is 2.16. The number of thioether (sulfide) groups is 1. The van der Waals surface area contributed by atoms with E-state index in [1.54, 1.807) is 0 Å². The molecule has 2 aromatic heterocycles. The van der Waals surface area contributed by atoms with Gasteiger partial charge in [0.25, 0.3) is 5.56 Å². The van der Waals surface area contributed by atoms with Crippen molar-refractivity contribution in [2.75, 3.05) is 5.75 Å². The summed E-state index contributed by atoms with van der Waals surface area (Å²) in [4.78, 5) is 37.6. The molecule has 1 aromatic carbocycles.